The van der Waals surface area contributed by atoms with E-state index in [1.165, 1.54) is 5.56 Å². The summed E-state index contributed by atoms with van der Waals surface area (Å²) in [6.45, 7) is 0. The summed E-state index contributed by atoms with van der Waals surface area (Å²) in [5, 5.41) is 3.97. The lowest BCUT2D eigenvalue weighted by molar-refractivity contribution is -0.119. The molecule has 98 valence electrons. The van der Waals surface area contributed by atoms with Gasteiger partial charge in [0.1, 0.15) is 5.78 Å². The molecule has 1 unspecified atom stereocenters. The second kappa shape index (κ2) is 5.34. The molecule has 1 aliphatic rings. The lowest BCUT2D eigenvalue weighted by Crippen LogP contribution is -2.04. The molecule has 1 saturated carbocycles. The molecule has 1 aliphatic carbocycles. The van der Waals surface area contributed by atoms with Gasteiger partial charge in [0.2, 0.25) is 5.89 Å². The Morgan fingerprint density at radius 3 is 2.79 bits per heavy atom. The lowest BCUT2D eigenvalue weighted by Gasteiger charge is -1.99. The minimum Gasteiger partial charge on any atom is -0.339 e. The number of ketones is 1. The first kappa shape index (κ1) is 12.1. The molecule has 3 rings (SSSR count). The van der Waals surface area contributed by atoms with Gasteiger partial charge >= 0.3 is 0 Å². The Labute approximate surface area is 111 Å². The number of benzene rings is 1. The van der Waals surface area contributed by atoms with Crippen molar-refractivity contribution in [2.45, 2.75) is 38.0 Å². The molecule has 0 N–H and O–H groups in total. The summed E-state index contributed by atoms with van der Waals surface area (Å²) in [7, 11) is 0. The van der Waals surface area contributed by atoms with Crippen molar-refractivity contribution >= 4 is 5.78 Å². The maximum Gasteiger partial charge on any atom is 0.237 e. The van der Waals surface area contributed by atoms with Crippen LogP contribution < -0.4 is 0 Å². The van der Waals surface area contributed by atoms with Gasteiger partial charge in [-0.15, -0.1) is 0 Å². The summed E-state index contributed by atoms with van der Waals surface area (Å²) in [5.74, 6) is 1.28. The first-order chi connectivity index (χ1) is 9.33. The average Bonchev–Trinajstić information content (AvgIpc) is 3.06. The fourth-order valence-electron chi connectivity index (χ4n) is 2.49. The third-order valence-electron chi connectivity index (χ3n) is 3.57. The molecular formula is C15H16N2O2. The van der Waals surface area contributed by atoms with Crippen molar-refractivity contribution < 1.29 is 9.32 Å². The molecule has 0 aliphatic heterocycles. The molecule has 0 saturated heterocycles. The van der Waals surface area contributed by atoms with E-state index in [-0.39, 0.29) is 11.7 Å². The van der Waals surface area contributed by atoms with Gasteiger partial charge in [-0.25, -0.2) is 0 Å². The predicted molar refractivity (Wildman–Crippen MR) is 69.7 cm³/mol. The minimum atomic E-state index is -0.155. The molecule has 4 nitrogen and oxygen atoms in total. The van der Waals surface area contributed by atoms with Crippen molar-refractivity contribution in [3.05, 3.63) is 47.6 Å². The summed E-state index contributed by atoms with van der Waals surface area (Å²) in [4.78, 5) is 16.0. The van der Waals surface area contributed by atoms with Crippen molar-refractivity contribution in [1.29, 1.82) is 0 Å². The number of rotatable bonds is 4. The molecule has 2 aromatic rings. The largest absolute Gasteiger partial charge is 0.339 e. The highest BCUT2D eigenvalue weighted by Crippen LogP contribution is 2.29. The van der Waals surface area contributed by atoms with Crippen LogP contribution in [-0.2, 0) is 17.6 Å². The van der Waals surface area contributed by atoms with Crippen LogP contribution in [0.5, 0.6) is 0 Å². The van der Waals surface area contributed by atoms with Crippen LogP contribution in [0.4, 0.5) is 0 Å². The fraction of sp³-hybridized carbons (Fsp3) is 0.400. The Morgan fingerprint density at radius 1 is 1.21 bits per heavy atom. The number of aryl methyl sites for hydroxylation is 2. The third kappa shape index (κ3) is 2.72. The van der Waals surface area contributed by atoms with E-state index in [1.807, 2.05) is 18.2 Å². The van der Waals surface area contributed by atoms with Crippen LogP contribution in [0.3, 0.4) is 0 Å². The SMILES string of the molecule is O=C1CCCC1c1nc(CCc2ccccc2)no1. The standard InChI is InChI=1S/C15H16N2O2/c18-13-8-4-7-12(13)15-16-14(17-19-15)10-9-11-5-2-1-3-6-11/h1-3,5-6,12H,4,7-10H2. The Balaban J connectivity index is 1.64. The molecule has 1 heterocycles. The van der Waals surface area contributed by atoms with Crippen molar-refractivity contribution in [3.8, 4) is 0 Å². The highest BCUT2D eigenvalue weighted by atomic mass is 16.5. The maximum atomic E-state index is 11.6. The molecule has 1 atom stereocenters. The highest BCUT2D eigenvalue weighted by Gasteiger charge is 2.30. The van der Waals surface area contributed by atoms with Gasteiger partial charge in [-0.2, -0.15) is 4.98 Å². The number of Topliss-reactive ketones (excluding diaryl/α,β-unsaturated/α-hetero) is 1. The van der Waals surface area contributed by atoms with E-state index in [2.05, 4.69) is 22.3 Å². The smallest absolute Gasteiger partial charge is 0.237 e. The van der Waals surface area contributed by atoms with E-state index in [4.69, 9.17) is 4.52 Å². The van der Waals surface area contributed by atoms with Gasteiger partial charge in [-0.1, -0.05) is 35.5 Å². The number of carbonyl (C=O) groups excluding carboxylic acids is 1. The van der Waals surface area contributed by atoms with Crippen molar-refractivity contribution in [1.82, 2.24) is 10.1 Å². The second-order valence-corrected chi connectivity index (χ2v) is 4.95. The zero-order chi connectivity index (χ0) is 13.1. The van der Waals surface area contributed by atoms with Gasteiger partial charge in [0.25, 0.3) is 0 Å². The quantitative estimate of drug-likeness (QED) is 0.844. The van der Waals surface area contributed by atoms with E-state index in [0.717, 1.165) is 25.7 Å². The van der Waals surface area contributed by atoms with Crippen molar-refractivity contribution in [2.24, 2.45) is 0 Å². The Kier molecular flexibility index (Phi) is 3.40. The summed E-state index contributed by atoms with van der Waals surface area (Å²) in [5.41, 5.74) is 1.26. The van der Waals surface area contributed by atoms with Crippen LogP contribution >= 0.6 is 0 Å². The normalized spacial score (nSPS) is 18.9. The van der Waals surface area contributed by atoms with Crippen LogP contribution in [0.15, 0.2) is 34.9 Å². The Bertz CT molecular complexity index is 563. The summed E-state index contributed by atoms with van der Waals surface area (Å²) in [6.07, 6.45) is 4.06. The summed E-state index contributed by atoms with van der Waals surface area (Å²) in [6, 6.07) is 10.2. The molecular weight excluding hydrogens is 240 g/mol. The van der Waals surface area contributed by atoms with Gasteiger partial charge < -0.3 is 4.52 Å². The Morgan fingerprint density at radius 2 is 2.05 bits per heavy atom. The zero-order valence-corrected chi connectivity index (χ0v) is 10.7. The number of hydrogen-bond donors (Lipinski definition) is 0. The lowest BCUT2D eigenvalue weighted by atomic mass is 10.1. The van der Waals surface area contributed by atoms with Crippen LogP contribution in [0, 0.1) is 0 Å². The van der Waals surface area contributed by atoms with Crippen LogP contribution in [0.1, 0.15) is 42.5 Å². The molecule has 0 radical (unpaired) electrons. The summed E-state index contributed by atoms with van der Waals surface area (Å²) >= 11 is 0. The Hall–Kier alpha value is -1.97. The van der Waals surface area contributed by atoms with E-state index in [0.29, 0.717) is 18.1 Å². The second-order valence-electron chi connectivity index (χ2n) is 4.95. The van der Waals surface area contributed by atoms with E-state index in [9.17, 15) is 4.79 Å². The van der Waals surface area contributed by atoms with Crippen LogP contribution in [0.25, 0.3) is 0 Å². The fourth-order valence-corrected chi connectivity index (χ4v) is 2.49. The van der Waals surface area contributed by atoms with E-state index < -0.39 is 0 Å². The van der Waals surface area contributed by atoms with Crippen molar-refractivity contribution in [2.75, 3.05) is 0 Å². The molecule has 1 aromatic carbocycles. The number of aromatic nitrogens is 2. The van der Waals surface area contributed by atoms with Crippen molar-refractivity contribution in [3.63, 3.8) is 0 Å². The third-order valence-corrected chi connectivity index (χ3v) is 3.57. The molecule has 4 heteroatoms. The van der Waals surface area contributed by atoms with E-state index >= 15 is 0 Å². The van der Waals surface area contributed by atoms with Gasteiger partial charge in [0, 0.05) is 12.8 Å². The van der Waals surface area contributed by atoms with E-state index in [1.54, 1.807) is 0 Å². The number of carbonyl (C=O) groups is 1. The summed E-state index contributed by atoms with van der Waals surface area (Å²) < 4.78 is 5.23. The predicted octanol–water partition coefficient (Wildman–Crippen LogP) is 2.69. The zero-order valence-electron chi connectivity index (χ0n) is 10.7. The van der Waals surface area contributed by atoms with Gasteiger partial charge in [0.05, 0.1) is 5.92 Å². The molecule has 1 fully saturated rings. The van der Waals surface area contributed by atoms with Gasteiger partial charge in [-0.3, -0.25) is 4.79 Å². The van der Waals surface area contributed by atoms with Crippen LogP contribution in [0.2, 0.25) is 0 Å². The van der Waals surface area contributed by atoms with Crippen LogP contribution in [-0.4, -0.2) is 15.9 Å². The maximum absolute atomic E-state index is 11.6. The highest BCUT2D eigenvalue weighted by molar-refractivity contribution is 5.86. The molecule has 0 bridgehead atoms. The molecule has 0 spiro atoms. The first-order valence-electron chi connectivity index (χ1n) is 6.72. The molecule has 0 amide bonds. The number of hydrogen-bond acceptors (Lipinski definition) is 4. The minimum absolute atomic E-state index is 0.155. The van der Waals surface area contributed by atoms with Gasteiger partial charge in [0.15, 0.2) is 5.82 Å². The molecule has 19 heavy (non-hydrogen) atoms. The molecule has 1 aromatic heterocycles. The first-order valence-corrected chi connectivity index (χ1v) is 6.72. The number of nitrogens with zero attached hydrogens (tertiary/aromatic N) is 2. The topological polar surface area (TPSA) is 56.0 Å². The average molecular weight is 256 g/mol. The van der Waals surface area contributed by atoms with Gasteiger partial charge in [-0.05, 0) is 24.8 Å². The monoisotopic (exact) mass is 256 g/mol.